The van der Waals surface area contributed by atoms with Gasteiger partial charge < -0.3 is 5.32 Å². The van der Waals surface area contributed by atoms with E-state index in [0.717, 1.165) is 5.56 Å². The Kier molecular flexibility index (Phi) is 3.57. The van der Waals surface area contributed by atoms with Gasteiger partial charge >= 0.3 is 0 Å². The van der Waals surface area contributed by atoms with Gasteiger partial charge in [-0.3, -0.25) is 9.89 Å². The molecule has 0 spiro atoms. The Morgan fingerprint density at radius 1 is 1.35 bits per heavy atom. The van der Waals surface area contributed by atoms with E-state index in [1.54, 1.807) is 24.4 Å². The Bertz CT molecular complexity index is 534. The molecule has 5 heteroatoms. The normalized spacial score (nSPS) is 10.6. The number of aromatic nitrogens is 2. The van der Waals surface area contributed by atoms with Crippen molar-refractivity contribution in [3.05, 3.63) is 53.2 Å². The van der Waals surface area contributed by atoms with Crippen molar-refractivity contribution in [2.75, 3.05) is 5.32 Å². The molecule has 0 saturated heterocycles. The number of aromatic amines is 1. The molecule has 1 aromatic heterocycles. The highest BCUT2D eigenvalue weighted by molar-refractivity contribution is 6.32. The van der Waals surface area contributed by atoms with Crippen molar-refractivity contribution in [1.82, 2.24) is 10.2 Å². The van der Waals surface area contributed by atoms with Gasteiger partial charge in [0.2, 0.25) is 5.91 Å². The third-order valence-corrected chi connectivity index (χ3v) is 2.42. The molecule has 0 bridgehead atoms. The molecular weight excluding hydrogens is 238 g/mol. The van der Waals surface area contributed by atoms with Crippen molar-refractivity contribution in [1.29, 1.82) is 0 Å². The molecule has 1 amide bonds. The molecular formula is C12H10ClN3O. The van der Waals surface area contributed by atoms with Gasteiger partial charge in [0.1, 0.15) is 5.82 Å². The molecule has 2 rings (SSSR count). The molecule has 0 unspecified atom stereocenters. The van der Waals surface area contributed by atoms with E-state index in [1.807, 2.05) is 18.2 Å². The number of amides is 1. The highest BCUT2D eigenvalue weighted by atomic mass is 35.5. The molecule has 86 valence electrons. The number of H-pyrrole nitrogens is 1. The first-order chi connectivity index (χ1) is 8.25. The van der Waals surface area contributed by atoms with Crippen LogP contribution in [0.15, 0.2) is 42.6 Å². The van der Waals surface area contributed by atoms with Crippen LogP contribution in [0.5, 0.6) is 0 Å². The quantitative estimate of drug-likeness (QED) is 0.820. The molecule has 0 aliphatic carbocycles. The minimum Gasteiger partial charge on any atom is -0.307 e. The maximum atomic E-state index is 11.5. The van der Waals surface area contributed by atoms with Crippen LogP contribution in [-0.4, -0.2) is 16.1 Å². The summed E-state index contributed by atoms with van der Waals surface area (Å²) in [6.45, 7) is 0. The van der Waals surface area contributed by atoms with Crippen LogP contribution in [0.3, 0.4) is 0 Å². The number of hydrogen-bond acceptors (Lipinski definition) is 2. The van der Waals surface area contributed by atoms with Crippen LogP contribution in [0.2, 0.25) is 5.02 Å². The number of carbonyl (C=O) groups is 1. The van der Waals surface area contributed by atoms with Crippen LogP contribution in [0.25, 0.3) is 6.08 Å². The minimum atomic E-state index is -0.242. The van der Waals surface area contributed by atoms with Gasteiger partial charge in [-0.15, -0.1) is 0 Å². The molecule has 2 N–H and O–H groups in total. The lowest BCUT2D eigenvalue weighted by Crippen LogP contribution is -2.07. The number of nitrogens with one attached hydrogen (secondary N) is 2. The number of nitrogens with zero attached hydrogens (tertiary/aromatic N) is 1. The van der Waals surface area contributed by atoms with Crippen LogP contribution in [-0.2, 0) is 4.79 Å². The lowest BCUT2D eigenvalue weighted by atomic mass is 10.2. The average molecular weight is 248 g/mol. The first-order valence-corrected chi connectivity index (χ1v) is 5.36. The number of hydrogen-bond donors (Lipinski definition) is 2. The highest BCUT2D eigenvalue weighted by Gasteiger charge is 1.99. The van der Waals surface area contributed by atoms with E-state index in [9.17, 15) is 4.79 Å². The standard InChI is InChI=1S/C12H10ClN3O/c13-10-4-2-1-3-9(10)5-6-12(17)15-11-7-8-14-16-11/h1-8H,(H2,14,15,16,17)/b6-5+. The molecule has 0 aliphatic heterocycles. The van der Waals surface area contributed by atoms with E-state index in [4.69, 9.17) is 11.6 Å². The summed E-state index contributed by atoms with van der Waals surface area (Å²) in [6.07, 6.45) is 4.64. The van der Waals surface area contributed by atoms with Gasteiger partial charge in [-0.05, 0) is 17.7 Å². The minimum absolute atomic E-state index is 0.242. The summed E-state index contributed by atoms with van der Waals surface area (Å²) < 4.78 is 0. The third kappa shape index (κ3) is 3.19. The SMILES string of the molecule is O=C(/C=C/c1ccccc1Cl)Nc1ccn[nH]1. The lowest BCUT2D eigenvalue weighted by molar-refractivity contribution is -0.111. The van der Waals surface area contributed by atoms with Gasteiger partial charge in [0.05, 0.1) is 6.20 Å². The molecule has 0 aliphatic rings. The first kappa shape index (κ1) is 11.4. The van der Waals surface area contributed by atoms with Gasteiger partial charge in [0.25, 0.3) is 0 Å². The zero-order chi connectivity index (χ0) is 12.1. The summed E-state index contributed by atoms with van der Waals surface area (Å²) in [7, 11) is 0. The Hall–Kier alpha value is -2.07. The van der Waals surface area contributed by atoms with Crippen LogP contribution in [0.1, 0.15) is 5.56 Å². The van der Waals surface area contributed by atoms with Crippen LogP contribution >= 0.6 is 11.6 Å². The molecule has 0 atom stereocenters. The summed E-state index contributed by atoms with van der Waals surface area (Å²) in [6, 6.07) is 8.97. The maximum absolute atomic E-state index is 11.5. The molecule has 1 heterocycles. The molecule has 0 saturated carbocycles. The second-order valence-corrected chi connectivity index (χ2v) is 3.72. The summed E-state index contributed by atoms with van der Waals surface area (Å²) in [4.78, 5) is 11.5. The summed E-state index contributed by atoms with van der Waals surface area (Å²) >= 11 is 5.95. The van der Waals surface area contributed by atoms with Crippen molar-refractivity contribution in [3.63, 3.8) is 0 Å². The molecule has 2 aromatic rings. The molecule has 17 heavy (non-hydrogen) atoms. The number of rotatable bonds is 3. The third-order valence-electron chi connectivity index (χ3n) is 2.08. The number of halogens is 1. The van der Waals surface area contributed by atoms with Gasteiger partial charge in [0.15, 0.2) is 0 Å². The van der Waals surface area contributed by atoms with Crippen LogP contribution in [0, 0.1) is 0 Å². The van der Waals surface area contributed by atoms with E-state index in [1.165, 1.54) is 6.08 Å². The maximum Gasteiger partial charge on any atom is 0.249 e. The fourth-order valence-electron chi connectivity index (χ4n) is 1.28. The highest BCUT2D eigenvalue weighted by Crippen LogP contribution is 2.16. The summed E-state index contributed by atoms with van der Waals surface area (Å²) in [5.41, 5.74) is 0.800. The Balaban J connectivity index is 2.01. The lowest BCUT2D eigenvalue weighted by Gasteiger charge is -1.98. The van der Waals surface area contributed by atoms with E-state index >= 15 is 0 Å². The van der Waals surface area contributed by atoms with E-state index < -0.39 is 0 Å². The zero-order valence-corrected chi connectivity index (χ0v) is 9.61. The number of benzene rings is 1. The number of carbonyl (C=O) groups excluding carboxylic acids is 1. The van der Waals surface area contributed by atoms with Crippen molar-refractivity contribution in [2.45, 2.75) is 0 Å². The second-order valence-electron chi connectivity index (χ2n) is 3.31. The van der Waals surface area contributed by atoms with Crippen LogP contribution < -0.4 is 5.32 Å². The van der Waals surface area contributed by atoms with Crippen molar-refractivity contribution >= 4 is 29.4 Å². The van der Waals surface area contributed by atoms with E-state index in [0.29, 0.717) is 10.8 Å². The fraction of sp³-hybridized carbons (Fsp3) is 0. The van der Waals surface area contributed by atoms with Crippen LogP contribution in [0.4, 0.5) is 5.82 Å². The molecule has 4 nitrogen and oxygen atoms in total. The first-order valence-electron chi connectivity index (χ1n) is 4.98. The van der Waals surface area contributed by atoms with Gasteiger partial charge in [-0.2, -0.15) is 5.10 Å². The second kappa shape index (κ2) is 5.32. The number of anilines is 1. The fourth-order valence-corrected chi connectivity index (χ4v) is 1.47. The van der Waals surface area contributed by atoms with Crippen molar-refractivity contribution in [2.24, 2.45) is 0 Å². The largest absolute Gasteiger partial charge is 0.307 e. The zero-order valence-electron chi connectivity index (χ0n) is 8.85. The van der Waals surface area contributed by atoms with E-state index in [-0.39, 0.29) is 5.91 Å². The monoisotopic (exact) mass is 247 g/mol. The molecule has 1 aromatic carbocycles. The smallest absolute Gasteiger partial charge is 0.249 e. The summed E-state index contributed by atoms with van der Waals surface area (Å²) in [5, 5.41) is 9.59. The van der Waals surface area contributed by atoms with Crippen molar-refractivity contribution < 1.29 is 4.79 Å². The Labute approximate surface area is 103 Å². The predicted octanol–water partition coefficient (Wildman–Crippen LogP) is 2.71. The predicted molar refractivity (Wildman–Crippen MR) is 67.7 cm³/mol. The van der Waals surface area contributed by atoms with Crippen molar-refractivity contribution in [3.8, 4) is 0 Å². The summed E-state index contributed by atoms with van der Waals surface area (Å²) in [5.74, 6) is 0.313. The topological polar surface area (TPSA) is 57.8 Å². The van der Waals surface area contributed by atoms with E-state index in [2.05, 4.69) is 15.5 Å². The molecule has 0 radical (unpaired) electrons. The average Bonchev–Trinajstić information content (AvgIpc) is 2.81. The molecule has 0 fully saturated rings. The van der Waals surface area contributed by atoms with Gasteiger partial charge in [-0.25, -0.2) is 0 Å². The van der Waals surface area contributed by atoms with Gasteiger partial charge in [-0.1, -0.05) is 29.8 Å². The Morgan fingerprint density at radius 2 is 2.18 bits per heavy atom. The van der Waals surface area contributed by atoms with Gasteiger partial charge in [0, 0.05) is 17.2 Å². The Morgan fingerprint density at radius 3 is 2.88 bits per heavy atom.